The second-order valence-electron chi connectivity index (χ2n) is 3.21. The fourth-order valence-electron chi connectivity index (χ4n) is 1.20. The minimum Gasteiger partial charge on any atom is -0.389 e. The van der Waals surface area contributed by atoms with Crippen LogP contribution in [0.3, 0.4) is 0 Å². The number of aliphatic hydroxyl groups is 1. The summed E-state index contributed by atoms with van der Waals surface area (Å²) in [6.45, 7) is 10.2. The first kappa shape index (κ1) is 12.9. The van der Waals surface area contributed by atoms with E-state index in [0.29, 0.717) is 6.61 Å². The summed E-state index contributed by atoms with van der Waals surface area (Å²) in [5.41, 5.74) is 0. The minimum absolute atomic E-state index is 0.341. The molecule has 0 heterocycles. The molecule has 0 rings (SSSR count). The second kappa shape index (κ2) is 8.48. The fourth-order valence-corrected chi connectivity index (χ4v) is 1.20. The normalized spacial score (nSPS) is 13.6. The number of rotatable bonds is 8. The first-order chi connectivity index (χ1) is 6.24. The van der Waals surface area contributed by atoms with E-state index < -0.39 is 0 Å². The predicted molar refractivity (Wildman–Crippen MR) is 54.9 cm³/mol. The molecule has 0 aliphatic carbocycles. The Labute approximate surface area is 81.7 Å². The molecule has 0 fully saturated rings. The van der Waals surface area contributed by atoms with Gasteiger partial charge in [0.1, 0.15) is 0 Å². The van der Waals surface area contributed by atoms with Crippen LogP contribution in [-0.4, -0.2) is 49.0 Å². The molecule has 0 aliphatic heterocycles. The lowest BCUT2D eigenvalue weighted by Crippen LogP contribution is -2.34. The monoisotopic (exact) mass is 189 g/mol. The maximum Gasteiger partial charge on any atom is 0.0900 e. The first-order valence-corrected chi connectivity index (χ1v) is 5.22. The Morgan fingerprint density at radius 3 is 2.31 bits per heavy atom. The van der Waals surface area contributed by atoms with Crippen molar-refractivity contribution in [3.05, 3.63) is 0 Å². The van der Waals surface area contributed by atoms with Crippen LogP contribution in [0.5, 0.6) is 0 Å². The summed E-state index contributed by atoms with van der Waals surface area (Å²) in [7, 11) is 0. The lowest BCUT2D eigenvalue weighted by atomic mass is 10.3. The molecule has 80 valence electrons. The van der Waals surface area contributed by atoms with Gasteiger partial charge in [-0.2, -0.15) is 0 Å². The summed E-state index contributed by atoms with van der Waals surface area (Å²) < 4.78 is 5.26. The zero-order chi connectivity index (χ0) is 10.1. The highest BCUT2D eigenvalue weighted by Crippen LogP contribution is 1.93. The molecule has 0 saturated heterocycles. The lowest BCUT2D eigenvalue weighted by molar-refractivity contribution is 0.0186. The van der Waals surface area contributed by atoms with Gasteiger partial charge in [0.25, 0.3) is 0 Å². The van der Waals surface area contributed by atoms with Crippen LogP contribution in [0.15, 0.2) is 0 Å². The quantitative estimate of drug-likeness (QED) is 0.581. The zero-order valence-corrected chi connectivity index (χ0v) is 9.12. The summed E-state index contributed by atoms with van der Waals surface area (Å²) in [6, 6.07) is 0. The van der Waals surface area contributed by atoms with Gasteiger partial charge in [-0.25, -0.2) is 0 Å². The third kappa shape index (κ3) is 6.99. The summed E-state index contributed by atoms with van der Waals surface area (Å²) in [4.78, 5) is 2.19. The van der Waals surface area contributed by atoms with Gasteiger partial charge in [-0.1, -0.05) is 20.8 Å². The Morgan fingerprint density at radius 1 is 1.23 bits per heavy atom. The minimum atomic E-state index is -0.341. The largest absolute Gasteiger partial charge is 0.389 e. The van der Waals surface area contributed by atoms with Gasteiger partial charge in [0, 0.05) is 13.2 Å². The third-order valence-electron chi connectivity index (χ3n) is 2.02. The number of aliphatic hydroxyl groups excluding tert-OH is 1. The standard InChI is InChI=1S/C10H23NO2/c1-4-7-13-9-10(12)8-11(5-2)6-3/h10,12H,4-9H2,1-3H3/t10-/m1/s1. The van der Waals surface area contributed by atoms with Gasteiger partial charge in [-0.05, 0) is 19.5 Å². The topological polar surface area (TPSA) is 32.7 Å². The van der Waals surface area contributed by atoms with Crippen LogP contribution >= 0.6 is 0 Å². The maximum atomic E-state index is 9.54. The summed E-state index contributed by atoms with van der Waals surface area (Å²) in [5, 5.41) is 9.54. The van der Waals surface area contributed by atoms with Crippen LogP contribution < -0.4 is 0 Å². The van der Waals surface area contributed by atoms with Crippen LogP contribution in [0.4, 0.5) is 0 Å². The molecule has 0 unspecified atom stereocenters. The molecule has 0 spiro atoms. The molecule has 0 radical (unpaired) electrons. The van der Waals surface area contributed by atoms with Crippen molar-refractivity contribution in [1.82, 2.24) is 4.90 Å². The Balaban J connectivity index is 3.42. The van der Waals surface area contributed by atoms with Crippen molar-refractivity contribution in [2.75, 3.05) is 32.8 Å². The van der Waals surface area contributed by atoms with Crippen molar-refractivity contribution in [2.24, 2.45) is 0 Å². The first-order valence-electron chi connectivity index (χ1n) is 5.22. The third-order valence-corrected chi connectivity index (χ3v) is 2.02. The second-order valence-corrected chi connectivity index (χ2v) is 3.21. The van der Waals surface area contributed by atoms with E-state index in [4.69, 9.17) is 4.74 Å². The highest BCUT2D eigenvalue weighted by Gasteiger charge is 2.08. The fraction of sp³-hybridized carbons (Fsp3) is 1.00. The van der Waals surface area contributed by atoms with E-state index in [9.17, 15) is 5.11 Å². The van der Waals surface area contributed by atoms with Crippen molar-refractivity contribution >= 4 is 0 Å². The highest BCUT2D eigenvalue weighted by molar-refractivity contribution is 4.61. The van der Waals surface area contributed by atoms with Gasteiger partial charge in [0.15, 0.2) is 0 Å². The molecule has 0 aliphatic rings. The van der Waals surface area contributed by atoms with Crippen molar-refractivity contribution < 1.29 is 9.84 Å². The number of hydrogen-bond acceptors (Lipinski definition) is 3. The number of nitrogens with zero attached hydrogens (tertiary/aromatic N) is 1. The van der Waals surface area contributed by atoms with Crippen molar-refractivity contribution in [3.8, 4) is 0 Å². The van der Waals surface area contributed by atoms with E-state index in [2.05, 4.69) is 25.7 Å². The predicted octanol–water partition coefficient (Wildman–Crippen LogP) is 1.12. The van der Waals surface area contributed by atoms with E-state index in [1.807, 2.05) is 0 Å². The molecule has 0 aromatic rings. The van der Waals surface area contributed by atoms with Crippen LogP contribution in [0.2, 0.25) is 0 Å². The molecule has 13 heavy (non-hydrogen) atoms. The molecule has 0 amide bonds. The van der Waals surface area contributed by atoms with Crippen LogP contribution in [-0.2, 0) is 4.74 Å². The smallest absolute Gasteiger partial charge is 0.0900 e. The van der Waals surface area contributed by atoms with Gasteiger partial charge in [0.2, 0.25) is 0 Å². The Morgan fingerprint density at radius 2 is 1.85 bits per heavy atom. The Hall–Kier alpha value is -0.120. The number of hydrogen-bond donors (Lipinski definition) is 1. The summed E-state index contributed by atoms with van der Waals surface area (Å²) >= 11 is 0. The lowest BCUT2D eigenvalue weighted by Gasteiger charge is -2.21. The Bertz CT molecular complexity index is 105. The van der Waals surface area contributed by atoms with E-state index in [1.54, 1.807) is 0 Å². The van der Waals surface area contributed by atoms with Gasteiger partial charge in [0.05, 0.1) is 12.7 Å². The van der Waals surface area contributed by atoms with Gasteiger partial charge in [-0.3, -0.25) is 0 Å². The molecular weight excluding hydrogens is 166 g/mol. The average molecular weight is 189 g/mol. The van der Waals surface area contributed by atoms with E-state index in [0.717, 1.165) is 32.7 Å². The SMILES string of the molecule is CCCOC[C@H](O)CN(CC)CC. The summed E-state index contributed by atoms with van der Waals surface area (Å²) in [5.74, 6) is 0. The van der Waals surface area contributed by atoms with Crippen LogP contribution in [0.25, 0.3) is 0 Å². The summed E-state index contributed by atoms with van der Waals surface area (Å²) in [6.07, 6.45) is 0.671. The van der Waals surface area contributed by atoms with Crippen molar-refractivity contribution in [2.45, 2.75) is 33.3 Å². The molecule has 0 aromatic heterocycles. The van der Waals surface area contributed by atoms with E-state index in [-0.39, 0.29) is 6.10 Å². The number of likely N-dealkylation sites (N-methyl/N-ethyl adjacent to an activating group) is 1. The van der Waals surface area contributed by atoms with E-state index >= 15 is 0 Å². The molecule has 0 aromatic carbocycles. The van der Waals surface area contributed by atoms with Crippen molar-refractivity contribution in [1.29, 1.82) is 0 Å². The number of ether oxygens (including phenoxy) is 1. The van der Waals surface area contributed by atoms with E-state index in [1.165, 1.54) is 0 Å². The Kier molecular flexibility index (Phi) is 8.40. The molecular formula is C10H23NO2. The van der Waals surface area contributed by atoms with Crippen molar-refractivity contribution in [3.63, 3.8) is 0 Å². The van der Waals surface area contributed by atoms with Gasteiger partial charge >= 0.3 is 0 Å². The van der Waals surface area contributed by atoms with Crippen LogP contribution in [0, 0.1) is 0 Å². The zero-order valence-electron chi connectivity index (χ0n) is 9.12. The molecule has 0 saturated carbocycles. The molecule has 0 bridgehead atoms. The molecule has 3 heteroatoms. The van der Waals surface area contributed by atoms with Gasteiger partial charge in [-0.15, -0.1) is 0 Å². The molecule has 1 atom stereocenters. The molecule has 3 nitrogen and oxygen atoms in total. The maximum absolute atomic E-state index is 9.54. The van der Waals surface area contributed by atoms with Gasteiger partial charge < -0.3 is 14.7 Å². The molecule has 1 N–H and O–H groups in total. The van der Waals surface area contributed by atoms with Crippen LogP contribution in [0.1, 0.15) is 27.2 Å². The highest BCUT2D eigenvalue weighted by atomic mass is 16.5. The average Bonchev–Trinajstić information content (AvgIpc) is 2.14.